The first kappa shape index (κ1) is 7.90. The van der Waals surface area contributed by atoms with Crippen LogP contribution in [0.2, 0.25) is 0 Å². The van der Waals surface area contributed by atoms with E-state index in [2.05, 4.69) is 23.1 Å². The highest BCUT2D eigenvalue weighted by Crippen LogP contribution is 2.20. The van der Waals surface area contributed by atoms with Crippen molar-refractivity contribution < 1.29 is 0 Å². The van der Waals surface area contributed by atoms with Crippen LogP contribution >= 0.6 is 0 Å². The Morgan fingerprint density at radius 3 is 2.58 bits per heavy atom. The molecule has 2 aliphatic rings. The zero-order chi connectivity index (χ0) is 8.23. The van der Waals surface area contributed by atoms with Crippen LogP contribution in [-0.2, 0) is 0 Å². The van der Waals surface area contributed by atoms with Gasteiger partial charge in [-0.1, -0.05) is 12.2 Å². The molecule has 0 saturated carbocycles. The van der Waals surface area contributed by atoms with Crippen molar-refractivity contribution in [2.75, 3.05) is 13.1 Å². The predicted molar refractivity (Wildman–Crippen MR) is 51.9 cm³/mol. The molecule has 0 atom stereocenters. The Kier molecular flexibility index (Phi) is 2.50. The number of likely N-dealkylation sites (tertiary alicyclic amines) is 1. The van der Waals surface area contributed by atoms with Crippen LogP contribution in [0.4, 0.5) is 0 Å². The van der Waals surface area contributed by atoms with Crippen molar-refractivity contribution >= 4 is 0 Å². The summed E-state index contributed by atoms with van der Waals surface area (Å²) in [6.07, 6.45) is 13.5. The number of piperidine rings is 1. The minimum absolute atomic E-state index is 1.24. The zero-order valence-corrected chi connectivity index (χ0v) is 7.63. The van der Waals surface area contributed by atoms with E-state index in [0.717, 1.165) is 0 Å². The molecule has 1 nitrogen and oxygen atoms in total. The fourth-order valence-electron chi connectivity index (χ4n) is 2.03. The summed E-state index contributed by atoms with van der Waals surface area (Å²) in [5, 5.41) is 0. The molecule has 12 heavy (non-hydrogen) atoms. The highest BCUT2D eigenvalue weighted by atomic mass is 15.1. The van der Waals surface area contributed by atoms with Crippen molar-refractivity contribution in [1.82, 2.24) is 4.90 Å². The second-order valence-electron chi connectivity index (χ2n) is 3.67. The van der Waals surface area contributed by atoms with E-state index in [1.165, 1.54) is 45.2 Å². The highest BCUT2D eigenvalue weighted by Gasteiger charge is 2.12. The third kappa shape index (κ3) is 1.71. The molecule has 2 rings (SSSR count). The molecule has 0 radical (unpaired) electrons. The highest BCUT2D eigenvalue weighted by molar-refractivity contribution is 5.17. The average Bonchev–Trinajstić information content (AvgIpc) is 2.21. The van der Waals surface area contributed by atoms with Gasteiger partial charge in [-0.25, -0.2) is 0 Å². The summed E-state index contributed by atoms with van der Waals surface area (Å²) in [6.45, 7) is 2.58. The summed E-state index contributed by atoms with van der Waals surface area (Å²) in [5.41, 5.74) is 1.57. The molecule has 0 spiro atoms. The minimum atomic E-state index is 1.24. The second kappa shape index (κ2) is 3.79. The van der Waals surface area contributed by atoms with Crippen molar-refractivity contribution in [1.29, 1.82) is 0 Å². The van der Waals surface area contributed by atoms with E-state index < -0.39 is 0 Å². The van der Waals surface area contributed by atoms with E-state index >= 15 is 0 Å². The topological polar surface area (TPSA) is 3.24 Å². The summed E-state index contributed by atoms with van der Waals surface area (Å²) in [6, 6.07) is 0. The summed E-state index contributed by atoms with van der Waals surface area (Å²) in [7, 11) is 0. The fraction of sp³-hybridized carbons (Fsp3) is 0.636. The van der Waals surface area contributed by atoms with E-state index in [9.17, 15) is 0 Å². The molecule has 66 valence electrons. The average molecular weight is 163 g/mol. The van der Waals surface area contributed by atoms with Crippen LogP contribution < -0.4 is 0 Å². The molecule has 0 unspecified atom stereocenters. The Morgan fingerprint density at radius 1 is 1.08 bits per heavy atom. The molecule has 1 fully saturated rings. The maximum absolute atomic E-state index is 2.56. The minimum Gasteiger partial charge on any atom is -0.375 e. The molecule has 1 heteroatoms. The molecule has 0 amide bonds. The smallest absolute Gasteiger partial charge is 0.0175 e. The van der Waals surface area contributed by atoms with Crippen molar-refractivity contribution in [3.8, 4) is 0 Å². The molecule has 1 heterocycles. The van der Waals surface area contributed by atoms with E-state index in [4.69, 9.17) is 0 Å². The largest absolute Gasteiger partial charge is 0.375 e. The molecule has 0 aromatic rings. The van der Waals surface area contributed by atoms with Gasteiger partial charge in [0, 0.05) is 18.8 Å². The lowest BCUT2D eigenvalue weighted by Crippen LogP contribution is -2.29. The molecule has 0 N–H and O–H groups in total. The number of hydrogen-bond acceptors (Lipinski definition) is 1. The molecule has 1 saturated heterocycles. The van der Waals surface area contributed by atoms with Crippen LogP contribution in [0.5, 0.6) is 0 Å². The van der Waals surface area contributed by atoms with Gasteiger partial charge in [0.25, 0.3) is 0 Å². The van der Waals surface area contributed by atoms with Gasteiger partial charge in [-0.2, -0.15) is 0 Å². The third-order valence-corrected chi connectivity index (χ3v) is 2.75. The molecule has 0 aromatic heterocycles. The molecular formula is C11H17N. The number of nitrogens with zero attached hydrogens (tertiary/aromatic N) is 1. The van der Waals surface area contributed by atoms with Crippen molar-refractivity contribution in [3.05, 3.63) is 23.9 Å². The lowest BCUT2D eigenvalue weighted by atomic mass is 10.1. The zero-order valence-electron chi connectivity index (χ0n) is 7.63. The SMILES string of the molecule is C1=CCCC(N2CCCCC2)=C1. The van der Waals surface area contributed by atoms with Gasteiger partial charge in [0.2, 0.25) is 0 Å². The molecule has 1 aliphatic carbocycles. The first-order chi connectivity index (χ1) is 5.97. The summed E-state index contributed by atoms with van der Waals surface area (Å²) in [5.74, 6) is 0. The number of hydrogen-bond donors (Lipinski definition) is 0. The van der Waals surface area contributed by atoms with E-state index in [-0.39, 0.29) is 0 Å². The summed E-state index contributed by atoms with van der Waals surface area (Å²) < 4.78 is 0. The van der Waals surface area contributed by atoms with Crippen LogP contribution in [0, 0.1) is 0 Å². The van der Waals surface area contributed by atoms with Crippen LogP contribution in [0.1, 0.15) is 32.1 Å². The second-order valence-corrected chi connectivity index (χ2v) is 3.67. The summed E-state index contributed by atoms with van der Waals surface area (Å²) >= 11 is 0. The number of rotatable bonds is 1. The Hall–Kier alpha value is -0.720. The van der Waals surface area contributed by atoms with Gasteiger partial charge in [0.05, 0.1) is 0 Å². The van der Waals surface area contributed by atoms with Crippen molar-refractivity contribution in [3.63, 3.8) is 0 Å². The maximum atomic E-state index is 2.56. The monoisotopic (exact) mass is 163 g/mol. The van der Waals surface area contributed by atoms with Crippen LogP contribution in [-0.4, -0.2) is 18.0 Å². The standard InChI is InChI=1S/C11H17N/c1-3-7-11(8-4-1)12-9-5-2-6-10-12/h1,3,7H,2,4-6,8-10H2. The Labute approximate surface area is 74.8 Å². The Balaban J connectivity index is 1.97. The van der Waals surface area contributed by atoms with E-state index in [0.29, 0.717) is 0 Å². The molecular weight excluding hydrogens is 146 g/mol. The first-order valence-corrected chi connectivity index (χ1v) is 5.07. The van der Waals surface area contributed by atoms with Crippen molar-refractivity contribution in [2.24, 2.45) is 0 Å². The van der Waals surface area contributed by atoms with E-state index in [1.807, 2.05) is 0 Å². The van der Waals surface area contributed by atoms with Gasteiger partial charge in [0.15, 0.2) is 0 Å². The van der Waals surface area contributed by atoms with Crippen LogP contribution in [0.25, 0.3) is 0 Å². The van der Waals surface area contributed by atoms with Gasteiger partial charge >= 0.3 is 0 Å². The summed E-state index contributed by atoms with van der Waals surface area (Å²) in [4.78, 5) is 2.56. The fourth-order valence-corrected chi connectivity index (χ4v) is 2.03. The Morgan fingerprint density at radius 2 is 1.92 bits per heavy atom. The quantitative estimate of drug-likeness (QED) is 0.574. The lowest BCUT2D eigenvalue weighted by molar-refractivity contribution is 0.276. The lowest BCUT2D eigenvalue weighted by Gasteiger charge is -2.31. The normalized spacial score (nSPS) is 24.0. The maximum Gasteiger partial charge on any atom is 0.0175 e. The van der Waals surface area contributed by atoms with Crippen LogP contribution in [0.15, 0.2) is 23.9 Å². The van der Waals surface area contributed by atoms with Gasteiger partial charge in [-0.15, -0.1) is 0 Å². The number of allylic oxidation sites excluding steroid dienone is 4. The van der Waals surface area contributed by atoms with Gasteiger partial charge in [0.1, 0.15) is 0 Å². The van der Waals surface area contributed by atoms with Gasteiger partial charge < -0.3 is 4.90 Å². The van der Waals surface area contributed by atoms with Crippen molar-refractivity contribution in [2.45, 2.75) is 32.1 Å². The Bertz CT molecular complexity index is 197. The predicted octanol–water partition coefficient (Wildman–Crippen LogP) is 2.71. The van der Waals surface area contributed by atoms with Crippen LogP contribution in [0.3, 0.4) is 0 Å². The molecule has 0 bridgehead atoms. The third-order valence-electron chi connectivity index (χ3n) is 2.75. The van der Waals surface area contributed by atoms with Gasteiger partial charge in [-0.05, 0) is 38.2 Å². The first-order valence-electron chi connectivity index (χ1n) is 5.07. The van der Waals surface area contributed by atoms with E-state index in [1.54, 1.807) is 5.70 Å². The molecule has 0 aromatic carbocycles. The van der Waals surface area contributed by atoms with Gasteiger partial charge in [-0.3, -0.25) is 0 Å². The molecule has 1 aliphatic heterocycles.